The molecule has 48 heavy (non-hydrogen) atoms. The summed E-state index contributed by atoms with van der Waals surface area (Å²) in [5, 5.41) is 14.6. The first kappa shape index (κ1) is 36.4. The second-order valence-corrected chi connectivity index (χ2v) is 13.4. The number of carboxylic acids is 1. The van der Waals surface area contributed by atoms with Crippen LogP contribution >= 0.6 is 11.8 Å². The Bertz CT molecular complexity index is 1710. The standard InChI is InChI=1S/C39H45N3O5S/c1-27(2)23-32(42(28(3)43)36-20-11-10-19-34(36)38(45)30-14-6-5-7-15-30)25-41(26-37(44)40-35(39(46)47)21-22-48-4)24-31-17-12-16-29-13-8-9-18-33(29)31/h5-20,27,32,35H,21-26H2,1-4H3,(H,40,44)(H,46,47)/t32-,35-/m0/s1. The normalized spacial score (nSPS) is 12.5. The van der Waals surface area contributed by atoms with Crippen LogP contribution in [0.15, 0.2) is 97.1 Å². The predicted octanol–water partition coefficient (Wildman–Crippen LogP) is 6.66. The van der Waals surface area contributed by atoms with Crippen molar-refractivity contribution in [1.29, 1.82) is 0 Å². The lowest BCUT2D eigenvalue weighted by molar-refractivity contribution is -0.142. The lowest BCUT2D eigenvalue weighted by Crippen LogP contribution is -2.51. The van der Waals surface area contributed by atoms with E-state index in [1.807, 2.05) is 77.9 Å². The third-order valence-corrected chi connectivity index (χ3v) is 8.89. The van der Waals surface area contributed by atoms with Gasteiger partial charge in [-0.2, -0.15) is 11.8 Å². The van der Waals surface area contributed by atoms with Crippen LogP contribution in [0.5, 0.6) is 0 Å². The van der Waals surface area contributed by atoms with Gasteiger partial charge in [0.25, 0.3) is 0 Å². The lowest BCUT2D eigenvalue weighted by Gasteiger charge is -2.37. The van der Waals surface area contributed by atoms with Crippen LogP contribution in [0, 0.1) is 5.92 Å². The van der Waals surface area contributed by atoms with Gasteiger partial charge in [0, 0.05) is 37.2 Å². The molecule has 0 unspecified atom stereocenters. The summed E-state index contributed by atoms with van der Waals surface area (Å²) in [6.07, 6.45) is 2.81. The summed E-state index contributed by atoms with van der Waals surface area (Å²) < 4.78 is 0. The third kappa shape index (κ3) is 9.78. The fourth-order valence-electron chi connectivity index (χ4n) is 6.14. The lowest BCUT2D eigenvalue weighted by atomic mass is 9.97. The average molecular weight is 668 g/mol. The van der Waals surface area contributed by atoms with Gasteiger partial charge in [-0.3, -0.25) is 19.3 Å². The summed E-state index contributed by atoms with van der Waals surface area (Å²) in [5.74, 6) is -1.09. The molecule has 0 radical (unpaired) electrons. The molecule has 0 heterocycles. The predicted molar refractivity (Wildman–Crippen MR) is 195 cm³/mol. The van der Waals surface area contributed by atoms with Gasteiger partial charge >= 0.3 is 5.97 Å². The van der Waals surface area contributed by atoms with Gasteiger partial charge in [0.1, 0.15) is 6.04 Å². The van der Waals surface area contributed by atoms with Crippen molar-refractivity contribution in [2.45, 2.75) is 52.2 Å². The first-order chi connectivity index (χ1) is 23.1. The number of hydrogen-bond donors (Lipinski definition) is 2. The summed E-state index contributed by atoms with van der Waals surface area (Å²) >= 11 is 1.52. The van der Waals surface area contributed by atoms with Crippen LogP contribution in [0.3, 0.4) is 0 Å². The molecule has 4 aromatic rings. The molecule has 0 aliphatic rings. The fourth-order valence-corrected chi connectivity index (χ4v) is 6.61. The van der Waals surface area contributed by atoms with Gasteiger partial charge in [-0.1, -0.05) is 98.8 Å². The van der Waals surface area contributed by atoms with Crippen LogP contribution in [-0.2, 0) is 20.9 Å². The van der Waals surface area contributed by atoms with Crippen molar-refractivity contribution in [2.75, 3.05) is 30.0 Å². The number of ketones is 1. The second kappa shape index (κ2) is 17.6. The number of hydrogen-bond acceptors (Lipinski definition) is 6. The van der Waals surface area contributed by atoms with E-state index < -0.39 is 24.0 Å². The molecule has 0 aromatic heterocycles. The van der Waals surface area contributed by atoms with Crippen molar-refractivity contribution in [2.24, 2.45) is 5.92 Å². The monoisotopic (exact) mass is 667 g/mol. The molecule has 0 fully saturated rings. The quantitative estimate of drug-likeness (QED) is 0.121. The highest BCUT2D eigenvalue weighted by molar-refractivity contribution is 7.98. The van der Waals surface area contributed by atoms with Gasteiger partial charge < -0.3 is 15.3 Å². The van der Waals surface area contributed by atoms with Gasteiger partial charge in [0.2, 0.25) is 11.8 Å². The number of aliphatic carboxylic acids is 1. The Morgan fingerprint density at radius 1 is 0.854 bits per heavy atom. The summed E-state index contributed by atoms with van der Waals surface area (Å²) in [4.78, 5) is 56.5. The van der Waals surface area contributed by atoms with Crippen LogP contribution < -0.4 is 10.2 Å². The number of nitrogens with one attached hydrogen (secondary N) is 1. The van der Waals surface area contributed by atoms with E-state index in [0.717, 1.165) is 16.3 Å². The maximum absolute atomic E-state index is 13.8. The van der Waals surface area contributed by atoms with Gasteiger partial charge in [-0.05, 0) is 59.2 Å². The van der Waals surface area contributed by atoms with Gasteiger partial charge in [-0.25, -0.2) is 4.79 Å². The number of para-hydroxylation sites is 1. The molecule has 0 aliphatic heterocycles. The zero-order chi connectivity index (χ0) is 34.6. The number of carboxylic acid groups (broad SMARTS) is 1. The topological polar surface area (TPSA) is 107 Å². The molecule has 2 atom stereocenters. The molecular formula is C39H45N3O5S. The molecule has 0 spiro atoms. The van der Waals surface area contributed by atoms with Crippen molar-refractivity contribution in [3.8, 4) is 0 Å². The van der Waals surface area contributed by atoms with E-state index in [2.05, 4.69) is 19.2 Å². The smallest absolute Gasteiger partial charge is 0.326 e. The van der Waals surface area contributed by atoms with Crippen molar-refractivity contribution in [3.63, 3.8) is 0 Å². The minimum Gasteiger partial charge on any atom is -0.480 e. The van der Waals surface area contributed by atoms with Crippen molar-refractivity contribution >= 4 is 51.8 Å². The zero-order valence-electron chi connectivity index (χ0n) is 28.1. The van der Waals surface area contributed by atoms with Crippen molar-refractivity contribution < 1.29 is 24.3 Å². The molecule has 252 valence electrons. The SMILES string of the molecule is CSCC[C@H](NC(=O)CN(Cc1cccc2ccccc12)C[C@H](CC(C)C)N(C(C)=O)c1ccccc1C(=O)c1ccccc1)C(=O)O. The van der Waals surface area contributed by atoms with Gasteiger partial charge in [0.05, 0.1) is 12.2 Å². The van der Waals surface area contributed by atoms with Crippen LogP contribution in [0.2, 0.25) is 0 Å². The Balaban J connectivity index is 1.73. The van der Waals surface area contributed by atoms with Gasteiger partial charge in [-0.15, -0.1) is 0 Å². The van der Waals surface area contributed by atoms with E-state index in [1.54, 1.807) is 35.2 Å². The highest BCUT2D eigenvalue weighted by Crippen LogP contribution is 2.29. The minimum absolute atomic E-state index is 0.0722. The molecular weight excluding hydrogens is 623 g/mol. The highest BCUT2D eigenvalue weighted by atomic mass is 32.2. The third-order valence-electron chi connectivity index (χ3n) is 8.25. The number of carbonyl (C=O) groups excluding carboxylic acids is 3. The molecule has 8 nitrogen and oxygen atoms in total. The molecule has 4 aromatic carbocycles. The Labute approximate surface area is 287 Å². The Kier molecular flexibility index (Phi) is 13.3. The molecule has 2 N–H and O–H groups in total. The number of carbonyl (C=O) groups is 4. The van der Waals surface area contributed by atoms with Crippen LogP contribution in [0.4, 0.5) is 5.69 Å². The van der Waals surface area contributed by atoms with E-state index in [4.69, 9.17) is 0 Å². The van der Waals surface area contributed by atoms with E-state index in [0.29, 0.717) is 48.5 Å². The minimum atomic E-state index is -1.07. The van der Waals surface area contributed by atoms with E-state index >= 15 is 0 Å². The molecule has 4 rings (SSSR count). The highest BCUT2D eigenvalue weighted by Gasteiger charge is 2.30. The fraction of sp³-hybridized carbons (Fsp3) is 0.333. The summed E-state index contributed by atoms with van der Waals surface area (Å²) in [7, 11) is 0. The largest absolute Gasteiger partial charge is 0.480 e. The number of benzene rings is 4. The number of nitrogens with zero attached hydrogens (tertiary/aromatic N) is 2. The Morgan fingerprint density at radius 2 is 1.52 bits per heavy atom. The van der Waals surface area contributed by atoms with Crippen molar-refractivity contribution in [3.05, 3.63) is 114 Å². The Hall–Kier alpha value is -4.47. The molecule has 9 heteroatoms. The maximum Gasteiger partial charge on any atom is 0.326 e. The van der Waals surface area contributed by atoms with Crippen LogP contribution in [-0.4, -0.2) is 70.8 Å². The number of thioether (sulfide) groups is 1. The number of anilines is 1. The molecule has 0 aliphatic carbocycles. The first-order valence-corrected chi connectivity index (χ1v) is 17.7. The van der Waals surface area contributed by atoms with Crippen molar-refractivity contribution in [1.82, 2.24) is 10.2 Å². The van der Waals surface area contributed by atoms with Crippen LogP contribution in [0.1, 0.15) is 55.1 Å². The number of rotatable bonds is 17. The maximum atomic E-state index is 13.8. The Morgan fingerprint density at radius 3 is 2.21 bits per heavy atom. The number of amides is 2. The average Bonchev–Trinajstić information content (AvgIpc) is 3.06. The summed E-state index contributed by atoms with van der Waals surface area (Å²) in [6.45, 7) is 6.29. The number of fused-ring (bicyclic) bond motifs is 1. The van der Waals surface area contributed by atoms with E-state index in [9.17, 15) is 24.3 Å². The summed E-state index contributed by atoms with van der Waals surface area (Å²) in [6, 6.07) is 28.9. The second-order valence-electron chi connectivity index (χ2n) is 12.4. The molecule has 0 saturated heterocycles. The molecule has 0 bridgehead atoms. The zero-order valence-corrected chi connectivity index (χ0v) is 28.9. The molecule has 2 amide bonds. The van der Waals surface area contributed by atoms with Gasteiger partial charge in [0.15, 0.2) is 5.78 Å². The first-order valence-electron chi connectivity index (χ1n) is 16.3. The van der Waals surface area contributed by atoms with Crippen LogP contribution in [0.25, 0.3) is 10.8 Å². The summed E-state index contributed by atoms with van der Waals surface area (Å²) in [5.41, 5.74) is 2.47. The van der Waals surface area contributed by atoms with E-state index in [-0.39, 0.29) is 24.2 Å². The van der Waals surface area contributed by atoms with E-state index in [1.165, 1.54) is 18.7 Å². The molecule has 0 saturated carbocycles.